The number of alkyl carbamates (subject to hydrolysis) is 1. The number of carbonyl (C=O) groups is 1. The third-order valence-corrected chi connectivity index (χ3v) is 7.62. The van der Waals surface area contributed by atoms with Gasteiger partial charge in [0, 0.05) is 24.2 Å². The lowest BCUT2D eigenvalue weighted by Crippen LogP contribution is -2.54. The van der Waals surface area contributed by atoms with Gasteiger partial charge < -0.3 is 26.0 Å². The van der Waals surface area contributed by atoms with Gasteiger partial charge in [0.15, 0.2) is 17.2 Å². The quantitative estimate of drug-likeness (QED) is 0.312. The number of nitrogens with zero attached hydrogens (tertiary/aromatic N) is 6. The van der Waals surface area contributed by atoms with Gasteiger partial charge in [-0.15, -0.1) is 5.10 Å². The van der Waals surface area contributed by atoms with Crippen LogP contribution in [0, 0.1) is 22.7 Å². The van der Waals surface area contributed by atoms with Crippen LogP contribution in [0.25, 0.3) is 5.65 Å². The predicted molar refractivity (Wildman–Crippen MR) is 150 cm³/mol. The van der Waals surface area contributed by atoms with Crippen LogP contribution < -0.4 is 21.3 Å². The van der Waals surface area contributed by atoms with Crippen molar-refractivity contribution in [2.75, 3.05) is 17.7 Å². The summed E-state index contributed by atoms with van der Waals surface area (Å²) < 4.78 is 6.27. The molecule has 12 nitrogen and oxygen atoms in total. The molecule has 208 valence electrons. The molecule has 2 saturated carbocycles. The summed E-state index contributed by atoms with van der Waals surface area (Å²) in [7, 11) is 1.36. The maximum atomic E-state index is 11.9. The van der Waals surface area contributed by atoms with Crippen LogP contribution in [-0.4, -0.2) is 57.0 Å². The number of fused-ring (bicyclic) bond motifs is 1. The van der Waals surface area contributed by atoms with Crippen molar-refractivity contribution in [3.8, 4) is 12.1 Å². The highest BCUT2D eigenvalue weighted by atomic mass is 35.5. The van der Waals surface area contributed by atoms with E-state index in [0.29, 0.717) is 46.6 Å². The molecule has 2 fully saturated rings. The van der Waals surface area contributed by atoms with E-state index in [1.165, 1.54) is 17.8 Å². The lowest BCUT2D eigenvalue weighted by molar-refractivity contribution is 0.155. The molecule has 2 aliphatic rings. The predicted octanol–water partition coefficient (Wildman–Crippen LogP) is 4.20. The Morgan fingerprint density at radius 1 is 1.18 bits per heavy atom. The average Bonchev–Trinajstić information content (AvgIpc) is 3.66. The number of nitrogens with one attached hydrogen (secondary N) is 4. The number of nitriles is 2. The maximum absolute atomic E-state index is 11.9. The van der Waals surface area contributed by atoms with Crippen molar-refractivity contribution in [2.24, 2.45) is 0 Å². The van der Waals surface area contributed by atoms with Crippen LogP contribution in [0.2, 0.25) is 5.02 Å². The number of hydrogen-bond acceptors (Lipinski definition) is 10. The first-order valence-electron chi connectivity index (χ1n) is 13.3. The molecule has 1 unspecified atom stereocenters. The first kappa shape index (κ1) is 27.4. The van der Waals surface area contributed by atoms with Crippen LogP contribution in [0.4, 0.5) is 22.2 Å². The van der Waals surface area contributed by atoms with Gasteiger partial charge in [-0.1, -0.05) is 25.4 Å². The molecule has 3 atom stereocenters. The molecule has 40 heavy (non-hydrogen) atoms. The van der Waals surface area contributed by atoms with E-state index in [1.807, 2.05) is 6.07 Å². The molecular formula is C27H31ClN10O2. The molecule has 0 spiro atoms. The number of halogens is 1. The molecule has 1 amide bonds. The SMILES string of the molecule is COC(=O)N[C@H]1CCC(c2cc(C#N)cc(Nc3nc(NC4CC4)c4ncc(C#N)n4n3)c2Cl)C[C@@H]1NC(C)C. The zero-order valence-electron chi connectivity index (χ0n) is 22.5. The van der Waals surface area contributed by atoms with E-state index in [2.05, 4.69) is 62.3 Å². The van der Waals surface area contributed by atoms with Gasteiger partial charge >= 0.3 is 6.09 Å². The van der Waals surface area contributed by atoms with E-state index in [-0.39, 0.29) is 35.7 Å². The van der Waals surface area contributed by atoms with Crippen molar-refractivity contribution in [3.63, 3.8) is 0 Å². The lowest BCUT2D eigenvalue weighted by atomic mass is 9.78. The third-order valence-electron chi connectivity index (χ3n) is 7.20. The molecule has 1 aromatic carbocycles. The molecule has 0 radical (unpaired) electrons. The van der Waals surface area contributed by atoms with Gasteiger partial charge in [0.25, 0.3) is 0 Å². The number of hydrogen-bond donors (Lipinski definition) is 4. The molecule has 0 bridgehead atoms. The highest BCUT2D eigenvalue weighted by Gasteiger charge is 2.34. The van der Waals surface area contributed by atoms with Crippen molar-refractivity contribution >= 4 is 40.8 Å². The Bertz CT molecular complexity index is 1500. The minimum atomic E-state index is -0.458. The molecular weight excluding hydrogens is 532 g/mol. The molecule has 3 aromatic rings. The summed E-state index contributed by atoms with van der Waals surface area (Å²) in [6, 6.07) is 8.24. The number of ether oxygens (including phenoxy) is 1. The minimum absolute atomic E-state index is 0.0106. The number of rotatable bonds is 8. The Morgan fingerprint density at radius 2 is 1.98 bits per heavy atom. The Morgan fingerprint density at radius 3 is 2.65 bits per heavy atom. The Hall–Kier alpha value is -4.13. The lowest BCUT2D eigenvalue weighted by Gasteiger charge is -2.38. The third kappa shape index (κ3) is 5.88. The Balaban J connectivity index is 1.46. The summed E-state index contributed by atoms with van der Waals surface area (Å²) in [5.74, 6) is 0.786. The summed E-state index contributed by atoms with van der Waals surface area (Å²) in [4.78, 5) is 20.9. The second-order valence-electron chi connectivity index (χ2n) is 10.5. The van der Waals surface area contributed by atoms with Gasteiger partial charge in [-0.2, -0.15) is 20.0 Å². The van der Waals surface area contributed by atoms with Crippen LogP contribution in [0.5, 0.6) is 0 Å². The molecule has 5 rings (SSSR count). The normalized spacial score (nSPS) is 20.5. The van der Waals surface area contributed by atoms with Crippen LogP contribution in [-0.2, 0) is 4.74 Å². The maximum Gasteiger partial charge on any atom is 0.407 e. The zero-order valence-corrected chi connectivity index (χ0v) is 23.3. The molecule has 4 N–H and O–H groups in total. The van der Waals surface area contributed by atoms with Gasteiger partial charge in [-0.25, -0.2) is 9.78 Å². The monoisotopic (exact) mass is 562 g/mol. The largest absolute Gasteiger partial charge is 0.453 e. The number of methoxy groups -OCH3 is 1. The summed E-state index contributed by atoms with van der Waals surface area (Å²) >= 11 is 6.98. The molecule has 2 aliphatic carbocycles. The number of imidazole rings is 1. The molecule has 0 saturated heterocycles. The van der Waals surface area contributed by atoms with Crippen molar-refractivity contribution in [3.05, 3.63) is 40.2 Å². The molecule has 2 heterocycles. The second kappa shape index (κ2) is 11.5. The summed E-state index contributed by atoms with van der Waals surface area (Å²) in [5.41, 5.74) is 2.52. The molecule has 2 aromatic heterocycles. The highest BCUT2D eigenvalue weighted by molar-refractivity contribution is 6.34. The van der Waals surface area contributed by atoms with E-state index in [0.717, 1.165) is 24.8 Å². The molecule has 0 aliphatic heterocycles. The van der Waals surface area contributed by atoms with Gasteiger partial charge in [0.1, 0.15) is 6.07 Å². The zero-order chi connectivity index (χ0) is 28.4. The van der Waals surface area contributed by atoms with E-state index < -0.39 is 6.09 Å². The second-order valence-corrected chi connectivity index (χ2v) is 10.9. The van der Waals surface area contributed by atoms with E-state index in [1.54, 1.807) is 6.07 Å². The van der Waals surface area contributed by atoms with E-state index >= 15 is 0 Å². The van der Waals surface area contributed by atoms with Crippen molar-refractivity contribution in [2.45, 2.75) is 76.0 Å². The summed E-state index contributed by atoms with van der Waals surface area (Å²) in [6.45, 7) is 4.12. The van der Waals surface area contributed by atoms with Gasteiger partial charge in [-0.3, -0.25) is 0 Å². The van der Waals surface area contributed by atoms with E-state index in [4.69, 9.17) is 16.3 Å². The number of carbonyl (C=O) groups excluding carboxylic acids is 1. The Kier molecular flexibility index (Phi) is 7.92. The first-order valence-corrected chi connectivity index (χ1v) is 13.7. The number of aromatic nitrogens is 4. The van der Waals surface area contributed by atoms with Crippen molar-refractivity contribution < 1.29 is 9.53 Å². The van der Waals surface area contributed by atoms with Crippen LogP contribution in [0.15, 0.2) is 18.3 Å². The summed E-state index contributed by atoms with van der Waals surface area (Å²) in [5, 5.41) is 37.4. The Labute approximate surface area is 237 Å². The molecule has 13 heteroatoms. The van der Waals surface area contributed by atoms with Crippen LogP contribution >= 0.6 is 11.6 Å². The average molecular weight is 563 g/mol. The topological polar surface area (TPSA) is 165 Å². The van der Waals surface area contributed by atoms with Crippen molar-refractivity contribution in [1.82, 2.24) is 30.2 Å². The number of benzene rings is 1. The van der Waals surface area contributed by atoms with Crippen LogP contribution in [0.1, 0.15) is 68.7 Å². The first-order chi connectivity index (χ1) is 19.3. The van der Waals surface area contributed by atoms with Crippen molar-refractivity contribution in [1.29, 1.82) is 10.5 Å². The number of amides is 1. The smallest absolute Gasteiger partial charge is 0.407 e. The standard InChI is InChI=1S/C27H31ClN10O2/c1-14(2)32-21-10-16(4-7-20(21)35-27(39)40-3)19-8-15(11-29)9-22(23(19)28)34-26-36-24(33-17-5-6-17)25-31-13-18(12-30)38(25)37-26/h8-9,13-14,16-17,20-21,32H,4-7,10H2,1-3H3,(H,35,39)(H2,33,34,36,37)/t16?,20-,21-/m0/s1. The van der Waals surface area contributed by atoms with E-state index in [9.17, 15) is 15.3 Å². The fraction of sp³-hybridized carbons (Fsp3) is 0.481. The fourth-order valence-corrected chi connectivity index (χ4v) is 5.51. The fourth-order valence-electron chi connectivity index (χ4n) is 5.20. The number of anilines is 3. The van der Waals surface area contributed by atoms with Gasteiger partial charge in [0.05, 0.1) is 35.6 Å². The highest BCUT2D eigenvalue weighted by Crippen LogP contribution is 2.41. The van der Waals surface area contributed by atoms with Gasteiger partial charge in [-0.05, 0) is 55.7 Å². The minimum Gasteiger partial charge on any atom is -0.453 e. The summed E-state index contributed by atoms with van der Waals surface area (Å²) in [6.07, 6.45) is 5.26. The van der Waals surface area contributed by atoms with Crippen LogP contribution in [0.3, 0.4) is 0 Å². The van der Waals surface area contributed by atoms with Gasteiger partial charge in [0.2, 0.25) is 5.95 Å².